The lowest BCUT2D eigenvalue weighted by atomic mass is 9.82. The Morgan fingerprint density at radius 2 is 1.96 bits per heavy atom. The van der Waals surface area contributed by atoms with E-state index in [9.17, 15) is 9.70 Å². The largest absolute Gasteiger partial charge is 0.465 e. The molecule has 4 heteroatoms. The second kappa shape index (κ2) is 6.57. The predicted octanol–water partition coefficient (Wildman–Crippen LogP) is 3.99. The van der Waals surface area contributed by atoms with Crippen LogP contribution in [0.5, 0.6) is 0 Å². The first kappa shape index (κ1) is 15.2. The molecule has 116 valence electrons. The lowest BCUT2D eigenvalue weighted by Gasteiger charge is -2.23. The number of fused-ring (bicyclic) bond motifs is 1. The van der Waals surface area contributed by atoms with Crippen molar-refractivity contribution in [1.82, 2.24) is 0 Å². The summed E-state index contributed by atoms with van der Waals surface area (Å²) in [7, 11) is 1.37. The highest BCUT2D eigenvalue weighted by atomic mass is 16.5. The molecule has 0 saturated carbocycles. The normalized spacial score (nSPS) is 13.4. The summed E-state index contributed by atoms with van der Waals surface area (Å²) in [5, 5.41) is 3.08. The number of esters is 1. The van der Waals surface area contributed by atoms with Crippen LogP contribution in [0.1, 0.15) is 33.5 Å². The van der Waals surface area contributed by atoms with Gasteiger partial charge in [-0.15, -0.1) is 0 Å². The van der Waals surface area contributed by atoms with Crippen molar-refractivity contribution in [2.24, 2.45) is 5.18 Å². The van der Waals surface area contributed by atoms with E-state index in [1.165, 1.54) is 12.7 Å². The van der Waals surface area contributed by atoms with Crippen molar-refractivity contribution in [2.45, 2.75) is 12.8 Å². The third kappa shape index (κ3) is 2.93. The molecule has 1 aliphatic carbocycles. The zero-order valence-corrected chi connectivity index (χ0v) is 12.9. The van der Waals surface area contributed by atoms with Crippen molar-refractivity contribution in [2.75, 3.05) is 13.7 Å². The maximum absolute atomic E-state index is 11.8. The van der Waals surface area contributed by atoms with Gasteiger partial charge < -0.3 is 4.74 Å². The molecule has 0 radical (unpaired) electrons. The number of carbonyl (C=O) groups excluding carboxylic acids is 1. The van der Waals surface area contributed by atoms with Crippen molar-refractivity contribution in [1.29, 1.82) is 0 Å². The van der Waals surface area contributed by atoms with E-state index in [1.54, 1.807) is 6.07 Å². The first-order chi connectivity index (χ1) is 11.2. The molecule has 0 unspecified atom stereocenters. The van der Waals surface area contributed by atoms with Gasteiger partial charge in [-0.25, -0.2) is 4.79 Å². The topological polar surface area (TPSA) is 55.7 Å². The van der Waals surface area contributed by atoms with Crippen LogP contribution >= 0.6 is 0 Å². The molecule has 0 saturated heterocycles. The van der Waals surface area contributed by atoms with Crippen LogP contribution in [0.2, 0.25) is 0 Å². The van der Waals surface area contributed by atoms with Crippen LogP contribution < -0.4 is 0 Å². The minimum atomic E-state index is -0.369. The van der Waals surface area contributed by atoms with Gasteiger partial charge in [0, 0.05) is 0 Å². The van der Waals surface area contributed by atoms with Crippen molar-refractivity contribution in [3.05, 3.63) is 81.3 Å². The van der Waals surface area contributed by atoms with Gasteiger partial charge in [-0.1, -0.05) is 41.6 Å². The Balaban J connectivity index is 2.17. The highest BCUT2D eigenvalue weighted by molar-refractivity contribution is 5.92. The fraction of sp³-hybridized carbons (Fsp3) is 0.211. The van der Waals surface area contributed by atoms with Crippen LogP contribution in [-0.4, -0.2) is 19.6 Å². The van der Waals surface area contributed by atoms with Crippen LogP contribution in [0.25, 0.3) is 5.57 Å². The van der Waals surface area contributed by atoms with Crippen molar-refractivity contribution < 1.29 is 9.53 Å². The molecule has 0 aliphatic heterocycles. The lowest BCUT2D eigenvalue weighted by molar-refractivity contribution is 0.0600. The van der Waals surface area contributed by atoms with Crippen molar-refractivity contribution in [3.8, 4) is 0 Å². The molecular formula is C19H17NO3. The van der Waals surface area contributed by atoms with E-state index in [2.05, 4.69) is 17.3 Å². The number of hydrogen-bond donors (Lipinski definition) is 0. The van der Waals surface area contributed by atoms with Crippen molar-refractivity contribution in [3.63, 3.8) is 0 Å². The van der Waals surface area contributed by atoms with E-state index in [1.807, 2.05) is 30.3 Å². The van der Waals surface area contributed by atoms with E-state index in [-0.39, 0.29) is 12.5 Å². The number of carbonyl (C=O) groups is 1. The van der Waals surface area contributed by atoms with Crippen LogP contribution in [0.15, 0.2) is 59.3 Å². The fourth-order valence-electron chi connectivity index (χ4n) is 3.10. The second-order valence-electron chi connectivity index (χ2n) is 5.50. The Kier molecular flexibility index (Phi) is 4.33. The summed E-state index contributed by atoms with van der Waals surface area (Å²) < 4.78 is 4.80. The van der Waals surface area contributed by atoms with E-state index < -0.39 is 0 Å². The van der Waals surface area contributed by atoms with Gasteiger partial charge in [0.2, 0.25) is 0 Å². The zero-order chi connectivity index (χ0) is 16.2. The molecule has 0 N–H and O–H groups in total. The number of aryl methyl sites for hydroxylation is 1. The van der Waals surface area contributed by atoms with Gasteiger partial charge in [0.05, 0.1) is 12.7 Å². The summed E-state index contributed by atoms with van der Waals surface area (Å²) in [6.07, 6.45) is 1.71. The summed E-state index contributed by atoms with van der Waals surface area (Å²) in [6, 6.07) is 15.5. The smallest absolute Gasteiger partial charge is 0.337 e. The monoisotopic (exact) mass is 307 g/mol. The minimum Gasteiger partial charge on any atom is -0.465 e. The summed E-state index contributed by atoms with van der Waals surface area (Å²) in [4.78, 5) is 22.6. The molecule has 3 rings (SSSR count). The van der Waals surface area contributed by atoms with Gasteiger partial charge in [0.1, 0.15) is 6.54 Å². The molecule has 2 aromatic rings. The van der Waals surface area contributed by atoms with Crippen LogP contribution in [0.3, 0.4) is 0 Å². The minimum absolute atomic E-state index is 0.173. The summed E-state index contributed by atoms with van der Waals surface area (Å²) >= 11 is 0. The molecule has 1 aliphatic rings. The number of nitroso groups, excluding NO2 is 1. The summed E-state index contributed by atoms with van der Waals surface area (Å²) in [5.41, 5.74) is 5.80. The maximum atomic E-state index is 11.8. The molecule has 2 aromatic carbocycles. The van der Waals surface area contributed by atoms with E-state index in [0.29, 0.717) is 5.56 Å². The van der Waals surface area contributed by atoms with Gasteiger partial charge in [0.15, 0.2) is 0 Å². The molecule has 0 aromatic heterocycles. The Morgan fingerprint density at radius 3 is 2.74 bits per heavy atom. The predicted molar refractivity (Wildman–Crippen MR) is 89.2 cm³/mol. The summed E-state index contributed by atoms with van der Waals surface area (Å²) in [5.74, 6) is -0.369. The number of rotatable bonds is 4. The molecule has 0 spiro atoms. The number of benzene rings is 2. The number of nitrogens with zero attached hydrogens (tertiary/aromatic N) is 1. The first-order valence-corrected chi connectivity index (χ1v) is 7.52. The average Bonchev–Trinajstić information content (AvgIpc) is 2.61. The van der Waals surface area contributed by atoms with Crippen molar-refractivity contribution >= 4 is 11.5 Å². The Bertz CT molecular complexity index is 793. The zero-order valence-electron chi connectivity index (χ0n) is 12.9. The Labute approximate surface area is 134 Å². The molecule has 0 amide bonds. The van der Waals surface area contributed by atoms with Crippen LogP contribution in [0.4, 0.5) is 0 Å². The molecule has 0 heterocycles. The second-order valence-corrected chi connectivity index (χ2v) is 5.50. The molecule has 0 fully saturated rings. The molecule has 0 bridgehead atoms. The standard InChI is InChI=1S/C19H17NO3/c1-23-19(21)15-7-4-6-14(11-15)18-16(12-20-22)10-9-13-5-2-3-8-17(13)18/h2-8,11H,9-10,12H2,1H3. The number of hydrogen-bond acceptors (Lipinski definition) is 4. The highest BCUT2D eigenvalue weighted by Crippen LogP contribution is 2.36. The Hall–Kier alpha value is -2.75. The maximum Gasteiger partial charge on any atom is 0.337 e. The third-order valence-electron chi connectivity index (χ3n) is 4.16. The highest BCUT2D eigenvalue weighted by Gasteiger charge is 2.21. The average molecular weight is 307 g/mol. The van der Waals surface area contributed by atoms with E-state index in [0.717, 1.165) is 35.1 Å². The quantitative estimate of drug-likeness (QED) is 0.634. The molecule has 0 atom stereocenters. The van der Waals surface area contributed by atoms with Crippen LogP contribution in [-0.2, 0) is 11.2 Å². The van der Waals surface area contributed by atoms with E-state index >= 15 is 0 Å². The van der Waals surface area contributed by atoms with Gasteiger partial charge >= 0.3 is 5.97 Å². The van der Waals surface area contributed by atoms with Gasteiger partial charge in [-0.05, 0) is 52.8 Å². The van der Waals surface area contributed by atoms with Gasteiger partial charge in [0.25, 0.3) is 0 Å². The lowest BCUT2D eigenvalue weighted by Crippen LogP contribution is -2.09. The first-order valence-electron chi connectivity index (χ1n) is 7.52. The number of ether oxygens (including phenoxy) is 1. The SMILES string of the molecule is COC(=O)c1cccc(C2=C(CN=O)CCc3ccccc32)c1. The fourth-order valence-corrected chi connectivity index (χ4v) is 3.10. The third-order valence-corrected chi connectivity index (χ3v) is 4.16. The van der Waals surface area contributed by atoms with Gasteiger partial charge in [-0.3, -0.25) is 0 Å². The molecule has 4 nitrogen and oxygen atoms in total. The molecular weight excluding hydrogens is 290 g/mol. The Morgan fingerprint density at radius 1 is 1.13 bits per heavy atom. The van der Waals surface area contributed by atoms with Crippen LogP contribution in [0, 0.1) is 4.91 Å². The summed E-state index contributed by atoms with van der Waals surface area (Å²) in [6.45, 7) is 0.173. The van der Waals surface area contributed by atoms with E-state index in [4.69, 9.17) is 4.74 Å². The molecule has 23 heavy (non-hydrogen) atoms. The van der Waals surface area contributed by atoms with Gasteiger partial charge in [-0.2, -0.15) is 4.91 Å². The number of methoxy groups -OCH3 is 1.